The van der Waals surface area contributed by atoms with Crippen LogP contribution in [0.2, 0.25) is 0 Å². The Morgan fingerprint density at radius 2 is 1.62 bits per heavy atom. The summed E-state index contributed by atoms with van der Waals surface area (Å²) in [4.78, 5) is -0.960. The van der Waals surface area contributed by atoms with E-state index in [1.165, 1.54) is 24.3 Å². The van der Waals surface area contributed by atoms with E-state index in [2.05, 4.69) is 5.32 Å². The van der Waals surface area contributed by atoms with E-state index in [1.807, 2.05) is 0 Å². The molecule has 130 valence electrons. The summed E-state index contributed by atoms with van der Waals surface area (Å²) < 4.78 is 74.8. The quantitative estimate of drug-likeness (QED) is 0.801. The number of aliphatic hydroxyl groups excluding tert-OH is 1. The molecule has 0 saturated carbocycles. The molecular weight excluding hydrogens is 350 g/mol. The maximum Gasteiger partial charge on any atom is 0.501 e. The summed E-state index contributed by atoms with van der Waals surface area (Å²) in [7, 11) is -5.55. The number of nitrogens with one attached hydrogen (secondary N) is 1. The number of halogens is 4. The lowest BCUT2D eigenvalue weighted by molar-refractivity contribution is -0.0435. The van der Waals surface area contributed by atoms with E-state index >= 15 is 0 Å². The molecule has 0 amide bonds. The van der Waals surface area contributed by atoms with Crippen molar-refractivity contribution in [2.24, 2.45) is 0 Å². The lowest BCUT2D eigenvalue weighted by Crippen LogP contribution is -2.25. The first-order chi connectivity index (χ1) is 11.1. The third kappa shape index (κ3) is 3.68. The minimum atomic E-state index is -5.55. The molecule has 2 aromatic carbocycles. The zero-order chi connectivity index (χ0) is 18.0. The van der Waals surface area contributed by atoms with Crippen LogP contribution in [0.1, 0.15) is 11.7 Å². The highest BCUT2D eigenvalue weighted by Crippen LogP contribution is 2.34. The average molecular weight is 363 g/mol. The van der Waals surface area contributed by atoms with Crippen molar-refractivity contribution in [2.75, 3.05) is 11.9 Å². The van der Waals surface area contributed by atoms with Crippen LogP contribution in [0.25, 0.3) is 0 Å². The predicted octanol–water partition coefficient (Wildman–Crippen LogP) is 3.26. The molecule has 24 heavy (non-hydrogen) atoms. The number of hydrogen-bond donors (Lipinski definition) is 2. The highest BCUT2D eigenvalue weighted by molar-refractivity contribution is 7.92. The van der Waals surface area contributed by atoms with Gasteiger partial charge in [0.25, 0.3) is 9.84 Å². The summed E-state index contributed by atoms with van der Waals surface area (Å²) in [5, 5.41) is 12.4. The Labute approximate surface area is 135 Å². The number of alkyl halides is 3. The molecule has 0 spiro atoms. The van der Waals surface area contributed by atoms with Crippen molar-refractivity contribution in [2.45, 2.75) is 16.5 Å². The highest BCUT2D eigenvalue weighted by Gasteiger charge is 2.47. The molecule has 0 fully saturated rings. The molecule has 2 N–H and O–H groups in total. The molecule has 0 aliphatic heterocycles. The lowest BCUT2D eigenvalue weighted by atomic mass is 10.1. The van der Waals surface area contributed by atoms with Crippen LogP contribution in [0.5, 0.6) is 0 Å². The number of anilines is 1. The maximum absolute atomic E-state index is 13.6. The van der Waals surface area contributed by atoms with Crippen molar-refractivity contribution in [1.82, 2.24) is 0 Å². The van der Waals surface area contributed by atoms with Crippen molar-refractivity contribution in [3.8, 4) is 0 Å². The van der Waals surface area contributed by atoms with E-state index < -0.39 is 32.2 Å². The highest BCUT2D eigenvalue weighted by atomic mass is 32.2. The first kappa shape index (κ1) is 18.2. The minimum absolute atomic E-state index is 0.0545. The van der Waals surface area contributed by atoms with Gasteiger partial charge >= 0.3 is 5.51 Å². The summed E-state index contributed by atoms with van der Waals surface area (Å²) in [5.74, 6) is -0.678. The van der Waals surface area contributed by atoms with E-state index in [-0.39, 0.29) is 17.8 Å². The number of para-hydroxylation sites is 1. The van der Waals surface area contributed by atoms with Crippen LogP contribution in [0, 0.1) is 5.82 Å². The molecule has 2 rings (SSSR count). The van der Waals surface area contributed by atoms with Crippen LogP contribution in [-0.2, 0) is 9.84 Å². The van der Waals surface area contributed by atoms with Gasteiger partial charge in [0.2, 0.25) is 0 Å². The third-order valence-corrected chi connectivity index (χ3v) is 4.78. The normalized spacial score (nSPS) is 13.5. The van der Waals surface area contributed by atoms with Crippen molar-refractivity contribution in [3.05, 3.63) is 59.9 Å². The van der Waals surface area contributed by atoms with Gasteiger partial charge in [-0.2, -0.15) is 13.2 Å². The Hall–Kier alpha value is -2.13. The van der Waals surface area contributed by atoms with Gasteiger partial charge in [-0.15, -0.1) is 0 Å². The van der Waals surface area contributed by atoms with Gasteiger partial charge in [-0.05, 0) is 18.2 Å². The zero-order valence-electron chi connectivity index (χ0n) is 12.1. The van der Waals surface area contributed by atoms with Gasteiger partial charge in [0.1, 0.15) is 5.82 Å². The molecule has 0 aromatic heterocycles. The van der Waals surface area contributed by atoms with Crippen LogP contribution in [0.15, 0.2) is 53.4 Å². The maximum atomic E-state index is 13.6. The molecule has 0 saturated heterocycles. The molecule has 9 heteroatoms. The SMILES string of the molecule is O=S(=O)(c1ccccc1NCC(O)c1ccccc1F)C(F)(F)F. The van der Waals surface area contributed by atoms with Gasteiger partial charge in [0.15, 0.2) is 0 Å². The standard InChI is InChI=1S/C15H13F4NO3S/c16-11-6-2-1-5-10(11)13(21)9-20-12-7-3-4-8-14(12)24(22,23)15(17,18)19/h1-8,13,20-21H,9H2. The van der Waals surface area contributed by atoms with Gasteiger partial charge < -0.3 is 10.4 Å². The summed E-state index contributed by atoms with van der Waals surface area (Å²) in [5.41, 5.74) is -5.83. The van der Waals surface area contributed by atoms with Gasteiger partial charge in [-0.3, -0.25) is 0 Å². The molecule has 1 atom stereocenters. The molecule has 1 unspecified atom stereocenters. The van der Waals surface area contributed by atoms with E-state index in [1.54, 1.807) is 0 Å². The second-order valence-corrected chi connectivity index (χ2v) is 6.77. The lowest BCUT2D eigenvalue weighted by Gasteiger charge is -2.17. The summed E-state index contributed by atoms with van der Waals surface area (Å²) >= 11 is 0. The topological polar surface area (TPSA) is 66.4 Å². The molecular formula is C15H13F4NO3S. The Morgan fingerprint density at radius 1 is 1.04 bits per heavy atom. The van der Waals surface area contributed by atoms with Crippen molar-refractivity contribution in [3.63, 3.8) is 0 Å². The number of aliphatic hydroxyl groups is 1. The molecule has 0 radical (unpaired) electrons. The van der Waals surface area contributed by atoms with Gasteiger partial charge in [-0.25, -0.2) is 12.8 Å². The number of benzene rings is 2. The Bertz CT molecular complexity index is 821. The fourth-order valence-electron chi connectivity index (χ4n) is 2.03. The predicted molar refractivity (Wildman–Crippen MR) is 79.5 cm³/mol. The molecule has 0 bridgehead atoms. The number of hydrogen-bond acceptors (Lipinski definition) is 4. The van der Waals surface area contributed by atoms with Gasteiger partial charge in [-0.1, -0.05) is 30.3 Å². The van der Waals surface area contributed by atoms with Crippen LogP contribution in [0.3, 0.4) is 0 Å². The molecule has 4 nitrogen and oxygen atoms in total. The molecule has 0 aliphatic rings. The zero-order valence-corrected chi connectivity index (χ0v) is 12.9. The second kappa shape index (κ2) is 6.78. The van der Waals surface area contributed by atoms with Crippen molar-refractivity contribution in [1.29, 1.82) is 0 Å². The van der Waals surface area contributed by atoms with Crippen LogP contribution >= 0.6 is 0 Å². The van der Waals surface area contributed by atoms with Crippen LogP contribution in [-0.4, -0.2) is 25.6 Å². The fourth-order valence-corrected chi connectivity index (χ4v) is 2.97. The Kier molecular flexibility index (Phi) is 5.14. The summed E-state index contributed by atoms with van der Waals surface area (Å²) in [6, 6.07) is 9.78. The van der Waals surface area contributed by atoms with E-state index in [4.69, 9.17) is 0 Å². The second-order valence-electron chi connectivity index (χ2n) is 4.86. The first-order valence-corrected chi connectivity index (χ1v) is 8.19. The van der Waals surface area contributed by atoms with Crippen molar-refractivity contribution >= 4 is 15.5 Å². The van der Waals surface area contributed by atoms with Gasteiger partial charge in [0, 0.05) is 12.1 Å². The van der Waals surface area contributed by atoms with Crippen LogP contribution < -0.4 is 5.32 Å². The van der Waals surface area contributed by atoms with Crippen molar-refractivity contribution < 1.29 is 31.1 Å². The number of sulfone groups is 1. The van der Waals surface area contributed by atoms with E-state index in [0.717, 1.165) is 24.3 Å². The van der Waals surface area contributed by atoms with E-state index in [9.17, 15) is 31.1 Å². The fraction of sp³-hybridized carbons (Fsp3) is 0.200. The van der Waals surface area contributed by atoms with Crippen LogP contribution in [0.4, 0.5) is 23.2 Å². The summed E-state index contributed by atoms with van der Waals surface area (Å²) in [6.45, 7) is -0.370. The monoisotopic (exact) mass is 363 g/mol. The number of rotatable bonds is 5. The Balaban J connectivity index is 2.25. The molecule has 0 heterocycles. The minimum Gasteiger partial charge on any atom is -0.386 e. The smallest absolute Gasteiger partial charge is 0.386 e. The summed E-state index contributed by atoms with van der Waals surface area (Å²) in [6.07, 6.45) is -1.37. The van der Waals surface area contributed by atoms with E-state index in [0.29, 0.717) is 0 Å². The molecule has 0 aliphatic carbocycles. The third-order valence-electron chi connectivity index (χ3n) is 3.23. The Morgan fingerprint density at radius 3 is 2.25 bits per heavy atom. The average Bonchev–Trinajstić information content (AvgIpc) is 2.52. The molecule has 2 aromatic rings. The van der Waals surface area contributed by atoms with Gasteiger partial charge in [0.05, 0.1) is 16.7 Å². The first-order valence-electron chi connectivity index (χ1n) is 6.71. The largest absolute Gasteiger partial charge is 0.501 e.